The van der Waals surface area contributed by atoms with Crippen molar-refractivity contribution < 1.29 is 4.79 Å². The highest BCUT2D eigenvalue weighted by atomic mass is 16.2. The van der Waals surface area contributed by atoms with Gasteiger partial charge in [-0.15, -0.1) is 0 Å². The number of nitrogens with zero attached hydrogens (tertiary/aromatic N) is 3. The van der Waals surface area contributed by atoms with Gasteiger partial charge in [-0.25, -0.2) is 9.97 Å². The van der Waals surface area contributed by atoms with E-state index in [1.165, 1.54) is 0 Å². The SMILES string of the molecule is O=C1NCNC12CCN(Cc1ncc(-c3ccccc3)cn1)CC2. The number of aromatic nitrogens is 2. The van der Waals surface area contributed by atoms with E-state index in [9.17, 15) is 4.79 Å². The van der Waals surface area contributed by atoms with Crippen molar-refractivity contribution in [1.82, 2.24) is 25.5 Å². The third-order valence-electron chi connectivity index (χ3n) is 5.00. The van der Waals surface area contributed by atoms with Crippen molar-refractivity contribution >= 4 is 5.91 Å². The zero-order valence-electron chi connectivity index (χ0n) is 13.5. The molecule has 2 aromatic rings. The molecular formula is C18H21N5O. The molecule has 0 saturated carbocycles. The van der Waals surface area contributed by atoms with Crippen LogP contribution in [-0.2, 0) is 11.3 Å². The fraction of sp³-hybridized carbons (Fsp3) is 0.389. The molecule has 2 fully saturated rings. The van der Waals surface area contributed by atoms with E-state index in [4.69, 9.17) is 0 Å². The van der Waals surface area contributed by atoms with Gasteiger partial charge in [-0.2, -0.15) is 0 Å². The van der Waals surface area contributed by atoms with Crippen LogP contribution in [0.25, 0.3) is 11.1 Å². The average Bonchev–Trinajstić information content (AvgIpc) is 2.99. The number of amides is 1. The summed E-state index contributed by atoms with van der Waals surface area (Å²) >= 11 is 0. The monoisotopic (exact) mass is 323 g/mol. The van der Waals surface area contributed by atoms with Crippen molar-refractivity contribution in [3.63, 3.8) is 0 Å². The molecule has 124 valence electrons. The fourth-order valence-corrected chi connectivity index (χ4v) is 3.46. The molecule has 2 saturated heterocycles. The standard InChI is InChI=1S/C18H21N5O/c24-17-18(22-13-21-17)6-8-23(9-7-18)12-16-19-10-15(11-20-16)14-4-2-1-3-5-14/h1-5,10-11,22H,6-9,12-13H2,(H,21,24). The predicted octanol–water partition coefficient (Wildman–Crippen LogP) is 1.16. The smallest absolute Gasteiger partial charge is 0.241 e. The molecule has 0 unspecified atom stereocenters. The number of likely N-dealkylation sites (tertiary alicyclic amines) is 1. The number of hydrogen-bond donors (Lipinski definition) is 2. The Morgan fingerprint density at radius 3 is 2.38 bits per heavy atom. The summed E-state index contributed by atoms with van der Waals surface area (Å²) in [4.78, 5) is 23.3. The lowest BCUT2D eigenvalue weighted by Gasteiger charge is -2.37. The Morgan fingerprint density at radius 2 is 1.75 bits per heavy atom. The van der Waals surface area contributed by atoms with Gasteiger partial charge in [0.2, 0.25) is 5.91 Å². The molecule has 1 aromatic carbocycles. The lowest BCUT2D eigenvalue weighted by atomic mass is 9.88. The van der Waals surface area contributed by atoms with Crippen molar-refractivity contribution in [1.29, 1.82) is 0 Å². The normalized spacial score (nSPS) is 20.2. The number of nitrogens with one attached hydrogen (secondary N) is 2. The number of rotatable bonds is 3. The summed E-state index contributed by atoms with van der Waals surface area (Å²) in [5.41, 5.74) is 1.81. The van der Waals surface area contributed by atoms with Crippen molar-refractivity contribution in [2.45, 2.75) is 24.9 Å². The molecule has 3 heterocycles. The maximum Gasteiger partial charge on any atom is 0.241 e. The quantitative estimate of drug-likeness (QED) is 0.887. The van der Waals surface area contributed by atoms with Crippen molar-refractivity contribution in [3.8, 4) is 11.1 Å². The maximum absolute atomic E-state index is 12.0. The second-order valence-electron chi connectivity index (χ2n) is 6.47. The molecule has 0 aliphatic carbocycles. The van der Waals surface area contributed by atoms with Crippen LogP contribution < -0.4 is 10.6 Å². The molecule has 6 nitrogen and oxygen atoms in total. The molecule has 2 aliphatic heterocycles. The highest BCUT2D eigenvalue weighted by Crippen LogP contribution is 2.25. The molecule has 0 radical (unpaired) electrons. The van der Waals surface area contributed by atoms with Crippen LogP contribution in [0.4, 0.5) is 0 Å². The van der Waals surface area contributed by atoms with E-state index in [0.29, 0.717) is 6.67 Å². The maximum atomic E-state index is 12.0. The summed E-state index contributed by atoms with van der Waals surface area (Å²) in [5, 5.41) is 6.19. The second kappa shape index (κ2) is 6.30. The third kappa shape index (κ3) is 2.90. The molecule has 1 spiro atoms. The molecule has 2 aliphatic rings. The minimum Gasteiger partial charge on any atom is -0.342 e. The Hall–Kier alpha value is -2.31. The molecule has 2 N–H and O–H groups in total. The summed E-state index contributed by atoms with van der Waals surface area (Å²) < 4.78 is 0. The van der Waals surface area contributed by atoms with Crippen LogP contribution in [0.5, 0.6) is 0 Å². The van der Waals surface area contributed by atoms with Gasteiger partial charge in [-0.05, 0) is 18.4 Å². The van der Waals surface area contributed by atoms with Crippen LogP contribution in [0.3, 0.4) is 0 Å². The minimum atomic E-state index is -0.353. The molecule has 1 aromatic heterocycles. The lowest BCUT2D eigenvalue weighted by molar-refractivity contribution is -0.125. The van der Waals surface area contributed by atoms with Gasteiger partial charge in [0.05, 0.1) is 13.2 Å². The van der Waals surface area contributed by atoms with Crippen LogP contribution in [0.15, 0.2) is 42.7 Å². The first kappa shape index (κ1) is 15.2. The first-order valence-corrected chi connectivity index (χ1v) is 8.37. The Balaban J connectivity index is 1.37. The topological polar surface area (TPSA) is 70.2 Å². The average molecular weight is 323 g/mol. The Bertz CT molecular complexity index is 708. The largest absolute Gasteiger partial charge is 0.342 e. The molecule has 4 rings (SSSR count). The summed E-state index contributed by atoms with van der Waals surface area (Å²) in [6, 6.07) is 10.1. The molecule has 0 bridgehead atoms. The molecule has 1 amide bonds. The first-order valence-electron chi connectivity index (χ1n) is 8.37. The van der Waals surface area contributed by atoms with E-state index < -0.39 is 0 Å². The summed E-state index contributed by atoms with van der Waals surface area (Å²) in [7, 11) is 0. The van der Waals surface area contributed by atoms with Gasteiger partial charge >= 0.3 is 0 Å². The predicted molar refractivity (Wildman–Crippen MR) is 90.9 cm³/mol. The van der Waals surface area contributed by atoms with Crippen LogP contribution >= 0.6 is 0 Å². The molecule has 24 heavy (non-hydrogen) atoms. The van der Waals surface area contributed by atoms with E-state index in [1.807, 2.05) is 30.6 Å². The van der Waals surface area contributed by atoms with Gasteiger partial charge in [0, 0.05) is 31.0 Å². The van der Waals surface area contributed by atoms with Gasteiger partial charge in [-0.1, -0.05) is 30.3 Å². The van der Waals surface area contributed by atoms with E-state index in [1.54, 1.807) is 0 Å². The molecule has 6 heteroatoms. The number of benzene rings is 1. The van der Waals surface area contributed by atoms with Gasteiger partial charge in [0.1, 0.15) is 11.4 Å². The van der Waals surface area contributed by atoms with E-state index in [-0.39, 0.29) is 11.4 Å². The number of carbonyl (C=O) groups excluding carboxylic acids is 1. The third-order valence-corrected chi connectivity index (χ3v) is 5.00. The summed E-state index contributed by atoms with van der Waals surface area (Å²) in [5.74, 6) is 0.972. The van der Waals surface area contributed by atoms with Gasteiger partial charge in [0.15, 0.2) is 0 Å². The highest BCUT2D eigenvalue weighted by Gasteiger charge is 2.44. The van der Waals surface area contributed by atoms with E-state index in [2.05, 4.69) is 37.6 Å². The van der Waals surface area contributed by atoms with Crippen LogP contribution in [0.2, 0.25) is 0 Å². The number of piperidine rings is 1. The lowest BCUT2D eigenvalue weighted by Crippen LogP contribution is -2.54. The zero-order chi connectivity index (χ0) is 16.4. The molecular weight excluding hydrogens is 302 g/mol. The van der Waals surface area contributed by atoms with E-state index in [0.717, 1.165) is 49.4 Å². The van der Waals surface area contributed by atoms with E-state index >= 15 is 0 Å². The first-order chi connectivity index (χ1) is 11.8. The van der Waals surface area contributed by atoms with Crippen molar-refractivity contribution in [2.24, 2.45) is 0 Å². The van der Waals surface area contributed by atoms with Crippen LogP contribution in [0, 0.1) is 0 Å². The minimum absolute atomic E-state index is 0.144. The van der Waals surface area contributed by atoms with Gasteiger partial charge in [0.25, 0.3) is 0 Å². The highest BCUT2D eigenvalue weighted by molar-refractivity contribution is 5.88. The van der Waals surface area contributed by atoms with Crippen molar-refractivity contribution in [2.75, 3.05) is 19.8 Å². The number of carbonyl (C=O) groups is 1. The second-order valence-corrected chi connectivity index (χ2v) is 6.47. The van der Waals surface area contributed by atoms with Crippen LogP contribution in [0.1, 0.15) is 18.7 Å². The fourth-order valence-electron chi connectivity index (χ4n) is 3.46. The van der Waals surface area contributed by atoms with Gasteiger partial charge in [-0.3, -0.25) is 15.0 Å². The van der Waals surface area contributed by atoms with Gasteiger partial charge < -0.3 is 5.32 Å². The Morgan fingerprint density at radius 1 is 1.04 bits per heavy atom. The van der Waals surface area contributed by atoms with Crippen molar-refractivity contribution in [3.05, 3.63) is 48.5 Å². The Labute approximate surface area is 141 Å². The summed E-state index contributed by atoms with van der Waals surface area (Å²) in [6.45, 7) is 3.07. The molecule has 0 atom stereocenters. The Kier molecular flexibility index (Phi) is 4.00. The number of hydrogen-bond acceptors (Lipinski definition) is 5. The van der Waals surface area contributed by atoms with Crippen LogP contribution in [-0.4, -0.2) is 46.1 Å². The summed E-state index contributed by atoms with van der Waals surface area (Å²) in [6.07, 6.45) is 5.44. The zero-order valence-corrected chi connectivity index (χ0v) is 13.5.